The Morgan fingerprint density at radius 1 is 1.35 bits per heavy atom. The van der Waals surface area contributed by atoms with E-state index in [9.17, 15) is 14.4 Å². The highest BCUT2D eigenvalue weighted by atomic mass is 16.6. The number of aliphatic carboxylic acids is 1. The van der Waals surface area contributed by atoms with E-state index in [1.54, 1.807) is 20.8 Å². The van der Waals surface area contributed by atoms with Gasteiger partial charge in [-0.2, -0.15) is 0 Å². The number of carboxylic acid groups (broad SMARTS) is 1. The van der Waals surface area contributed by atoms with Gasteiger partial charge in [0.25, 0.3) is 5.91 Å². The van der Waals surface area contributed by atoms with Crippen LogP contribution in [0.4, 0.5) is 0 Å². The molecule has 1 heterocycles. The van der Waals surface area contributed by atoms with Crippen molar-refractivity contribution < 1.29 is 24.2 Å². The predicted octanol–water partition coefficient (Wildman–Crippen LogP) is 1.25. The van der Waals surface area contributed by atoms with Gasteiger partial charge in [0.15, 0.2) is 0 Å². The van der Waals surface area contributed by atoms with Crippen molar-refractivity contribution in [1.29, 1.82) is 0 Å². The third-order valence-electron chi connectivity index (χ3n) is 3.37. The Balaban J connectivity index is 2.93. The van der Waals surface area contributed by atoms with Gasteiger partial charge < -0.3 is 15.2 Å². The van der Waals surface area contributed by atoms with Crippen LogP contribution < -0.4 is 5.32 Å². The van der Waals surface area contributed by atoms with E-state index in [1.807, 2.05) is 13.8 Å². The van der Waals surface area contributed by atoms with Gasteiger partial charge in [0, 0.05) is 0 Å². The molecule has 1 amide bonds. The van der Waals surface area contributed by atoms with Gasteiger partial charge >= 0.3 is 11.9 Å². The Morgan fingerprint density at radius 3 is 2.25 bits per heavy atom. The zero-order valence-electron chi connectivity index (χ0n) is 12.4. The Kier molecular flexibility index (Phi) is 4.57. The van der Waals surface area contributed by atoms with Crippen molar-refractivity contribution in [1.82, 2.24) is 5.32 Å². The molecule has 0 aliphatic carbocycles. The van der Waals surface area contributed by atoms with Crippen molar-refractivity contribution in [3.8, 4) is 0 Å². The van der Waals surface area contributed by atoms with Crippen molar-refractivity contribution >= 4 is 17.8 Å². The fourth-order valence-electron chi connectivity index (χ4n) is 2.00. The third kappa shape index (κ3) is 3.37. The van der Waals surface area contributed by atoms with Crippen molar-refractivity contribution in [2.24, 2.45) is 5.92 Å². The number of nitrogens with one attached hydrogen (secondary N) is 1. The first-order valence-corrected chi connectivity index (χ1v) is 6.54. The standard InChI is InChI=1S/C14H21NO5/c1-7(2)6-9(12(17)18)15-11(16)10-8(3)14(4,5)20-13(10)19/h7,9H,6H2,1-5H3,(H,15,16)(H,17,18)/t9-/m0/s1. The summed E-state index contributed by atoms with van der Waals surface area (Å²) in [7, 11) is 0. The normalized spacial score (nSPS) is 19.0. The molecule has 6 nitrogen and oxygen atoms in total. The fraction of sp³-hybridized carbons (Fsp3) is 0.643. The minimum atomic E-state index is -1.11. The quantitative estimate of drug-likeness (QED) is 0.585. The summed E-state index contributed by atoms with van der Waals surface area (Å²) in [5, 5.41) is 11.5. The predicted molar refractivity (Wildman–Crippen MR) is 71.9 cm³/mol. The van der Waals surface area contributed by atoms with Crippen LogP contribution in [0.2, 0.25) is 0 Å². The molecule has 0 spiro atoms. The summed E-state index contributed by atoms with van der Waals surface area (Å²) < 4.78 is 5.10. The van der Waals surface area contributed by atoms with E-state index >= 15 is 0 Å². The molecule has 0 unspecified atom stereocenters. The number of cyclic esters (lactones) is 1. The van der Waals surface area contributed by atoms with Gasteiger partial charge in [-0.05, 0) is 38.7 Å². The van der Waals surface area contributed by atoms with Gasteiger partial charge in [-0.25, -0.2) is 9.59 Å². The number of hydrogen-bond donors (Lipinski definition) is 2. The Bertz CT molecular complexity index is 476. The van der Waals surface area contributed by atoms with Gasteiger partial charge in [0.1, 0.15) is 17.2 Å². The molecule has 2 N–H and O–H groups in total. The second-order valence-corrected chi connectivity index (χ2v) is 5.89. The molecular formula is C14H21NO5. The molecule has 1 aliphatic heterocycles. The Morgan fingerprint density at radius 2 is 1.90 bits per heavy atom. The van der Waals surface area contributed by atoms with Crippen LogP contribution in [0.15, 0.2) is 11.1 Å². The Hall–Kier alpha value is -1.85. The molecule has 20 heavy (non-hydrogen) atoms. The summed E-state index contributed by atoms with van der Waals surface area (Å²) in [6.07, 6.45) is 0.297. The highest BCUT2D eigenvalue weighted by Crippen LogP contribution is 2.31. The molecule has 0 aromatic rings. The molecule has 0 saturated heterocycles. The van der Waals surface area contributed by atoms with Gasteiger partial charge in [0.2, 0.25) is 0 Å². The van der Waals surface area contributed by atoms with E-state index < -0.39 is 29.5 Å². The van der Waals surface area contributed by atoms with Crippen molar-refractivity contribution in [3.05, 3.63) is 11.1 Å². The minimum Gasteiger partial charge on any atom is -0.480 e. The second kappa shape index (κ2) is 5.64. The van der Waals surface area contributed by atoms with E-state index in [4.69, 9.17) is 9.84 Å². The summed E-state index contributed by atoms with van der Waals surface area (Å²) in [5.41, 5.74) is -0.417. The lowest BCUT2D eigenvalue weighted by molar-refractivity contribution is -0.146. The molecule has 1 atom stereocenters. The van der Waals surface area contributed by atoms with Crippen molar-refractivity contribution in [2.45, 2.75) is 52.7 Å². The highest BCUT2D eigenvalue weighted by Gasteiger charge is 2.41. The average molecular weight is 283 g/mol. The molecule has 1 rings (SSSR count). The number of amides is 1. The summed E-state index contributed by atoms with van der Waals surface area (Å²) in [6.45, 7) is 8.73. The number of carbonyl (C=O) groups is 3. The van der Waals surface area contributed by atoms with Crippen molar-refractivity contribution in [3.63, 3.8) is 0 Å². The minimum absolute atomic E-state index is 0.0926. The van der Waals surface area contributed by atoms with Crippen LogP contribution >= 0.6 is 0 Å². The van der Waals surface area contributed by atoms with Gasteiger partial charge in [0.05, 0.1) is 0 Å². The molecular weight excluding hydrogens is 262 g/mol. The molecule has 112 valence electrons. The van der Waals surface area contributed by atoms with Gasteiger partial charge in [-0.1, -0.05) is 13.8 Å². The van der Waals surface area contributed by atoms with Crippen LogP contribution in [0.25, 0.3) is 0 Å². The zero-order valence-corrected chi connectivity index (χ0v) is 12.4. The lowest BCUT2D eigenvalue weighted by Crippen LogP contribution is -2.43. The van der Waals surface area contributed by atoms with Crippen LogP contribution in [0.5, 0.6) is 0 Å². The molecule has 0 aromatic carbocycles. The van der Waals surface area contributed by atoms with E-state index in [0.29, 0.717) is 12.0 Å². The number of hydrogen-bond acceptors (Lipinski definition) is 4. The van der Waals surface area contributed by atoms with Crippen LogP contribution in [-0.4, -0.2) is 34.6 Å². The topological polar surface area (TPSA) is 92.7 Å². The van der Waals surface area contributed by atoms with E-state index in [-0.39, 0.29) is 11.5 Å². The maximum atomic E-state index is 12.1. The average Bonchev–Trinajstić information content (AvgIpc) is 2.46. The first kappa shape index (κ1) is 16.2. The monoisotopic (exact) mass is 283 g/mol. The summed E-state index contributed by atoms with van der Waals surface area (Å²) in [4.78, 5) is 35.0. The number of ether oxygens (including phenoxy) is 1. The molecule has 0 bridgehead atoms. The molecule has 0 radical (unpaired) electrons. The fourth-order valence-corrected chi connectivity index (χ4v) is 2.00. The van der Waals surface area contributed by atoms with Crippen molar-refractivity contribution in [2.75, 3.05) is 0 Å². The summed E-state index contributed by atoms with van der Waals surface area (Å²) in [6, 6.07) is -1.01. The Labute approximate surface area is 118 Å². The van der Waals surface area contributed by atoms with Crippen LogP contribution in [0.3, 0.4) is 0 Å². The summed E-state index contributed by atoms with van der Waals surface area (Å²) >= 11 is 0. The SMILES string of the molecule is CC1=C(C(=O)N[C@@H](CC(C)C)C(=O)O)C(=O)OC1(C)C. The summed E-state index contributed by atoms with van der Waals surface area (Å²) in [5.74, 6) is -2.40. The van der Waals surface area contributed by atoms with Crippen LogP contribution in [0.1, 0.15) is 41.0 Å². The van der Waals surface area contributed by atoms with E-state index in [1.165, 1.54) is 0 Å². The maximum Gasteiger partial charge on any atom is 0.344 e. The smallest absolute Gasteiger partial charge is 0.344 e. The first-order chi connectivity index (χ1) is 9.06. The lowest BCUT2D eigenvalue weighted by atomic mass is 9.96. The first-order valence-electron chi connectivity index (χ1n) is 6.54. The molecule has 0 saturated carbocycles. The van der Waals surface area contributed by atoms with Gasteiger partial charge in [-0.15, -0.1) is 0 Å². The molecule has 6 heteroatoms. The molecule has 1 aliphatic rings. The number of esters is 1. The molecule has 0 aromatic heterocycles. The zero-order chi connectivity index (χ0) is 15.7. The lowest BCUT2D eigenvalue weighted by Gasteiger charge is -2.18. The van der Waals surface area contributed by atoms with Crippen LogP contribution in [-0.2, 0) is 19.1 Å². The molecule has 0 fully saturated rings. The number of rotatable bonds is 5. The maximum absolute atomic E-state index is 12.1. The number of carboxylic acids is 1. The number of carbonyl (C=O) groups excluding carboxylic acids is 2. The third-order valence-corrected chi connectivity index (χ3v) is 3.37. The second-order valence-electron chi connectivity index (χ2n) is 5.89. The van der Waals surface area contributed by atoms with E-state index in [2.05, 4.69) is 5.32 Å². The van der Waals surface area contributed by atoms with Gasteiger partial charge in [-0.3, -0.25) is 4.79 Å². The van der Waals surface area contributed by atoms with Crippen LogP contribution in [0, 0.1) is 5.92 Å². The highest BCUT2D eigenvalue weighted by molar-refractivity contribution is 6.19. The van der Waals surface area contributed by atoms with E-state index in [0.717, 1.165) is 0 Å². The largest absolute Gasteiger partial charge is 0.480 e.